The fraction of sp³-hybridized carbons (Fsp3) is 0.341. The van der Waals surface area contributed by atoms with Crippen LogP contribution in [0.1, 0.15) is 74.0 Å². The summed E-state index contributed by atoms with van der Waals surface area (Å²) in [5, 5.41) is 8.00. The molecule has 6 aromatic rings. The molecular weight excluding hydrogens is 697 g/mol. The summed E-state index contributed by atoms with van der Waals surface area (Å²) in [7, 11) is 1.94. The largest absolute Gasteiger partial charge is 0.494 e. The van der Waals surface area contributed by atoms with Gasteiger partial charge in [0, 0.05) is 52.3 Å². The summed E-state index contributed by atoms with van der Waals surface area (Å²) >= 11 is 13.5. The predicted molar refractivity (Wildman–Crippen MR) is 207 cm³/mol. The van der Waals surface area contributed by atoms with Crippen LogP contribution in [0.4, 0.5) is 5.69 Å². The van der Waals surface area contributed by atoms with Crippen LogP contribution in [0.2, 0.25) is 10.0 Å². The number of carbonyl (C=O) groups excluding carboxylic acids is 2. The van der Waals surface area contributed by atoms with E-state index < -0.39 is 0 Å². The molecule has 5 heterocycles. The zero-order valence-corrected chi connectivity index (χ0v) is 32.0. The third kappa shape index (κ3) is 5.31. The fourth-order valence-corrected chi connectivity index (χ4v) is 8.74. The van der Waals surface area contributed by atoms with Crippen LogP contribution in [0.25, 0.3) is 32.9 Å². The van der Waals surface area contributed by atoms with Gasteiger partial charge in [-0.1, -0.05) is 29.3 Å². The number of aromatic nitrogens is 4. The van der Waals surface area contributed by atoms with Crippen LogP contribution in [0.3, 0.4) is 0 Å². The van der Waals surface area contributed by atoms with Crippen LogP contribution in [-0.2, 0) is 24.8 Å². The van der Waals surface area contributed by atoms with Crippen molar-refractivity contribution in [2.75, 3.05) is 24.7 Å². The number of carbonyl (C=O) groups is 2. The number of ether oxygens (including phenoxy) is 2. The molecule has 1 unspecified atom stereocenters. The maximum atomic E-state index is 15.2. The van der Waals surface area contributed by atoms with Crippen LogP contribution in [0, 0.1) is 34.6 Å². The molecule has 0 spiro atoms. The lowest BCUT2D eigenvalue weighted by atomic mass is 9.98. The Labute approximate surface area is 312 Å². The van der Waals surface area contributed by atoms with Crippen LogP contribution in [0.15, 0.2) is 42.5 Å². The molecule has 3 aromatic carbocycles. The zero-order chi connectivity index (χ0) is 36.7. The first-order chi connectivity index (χ1) is 24.8. The highest BCUT2D eigenvalue weighted by atomic mass is 35.5. The van der Waals surface area contributed by atoms with Gasteiger partial charge in [0.1, 0.15) is 23.7 Å². The summed E-state index contributed by atoms with van der Waals surface area (Å²) in [4.78, 5) is 29.9. The minimum Gasteiger partial charge on any atom is -0.494 e. The van der Waals surface area contributed by atoms with Crippen LogP contribution in [0.5, 0.6) is 5.75 Å². The average molecular weight is 739 g/mol. The van der Waals surface area contributed by atoms with Gasteiger partial charge in [-0.3, -0.25) is 9.48 Å². The molecule has 0 fully saturated rings. The van der Waals surface area contributed by atoms with E-state index in [0.29, 0.717) is 55.6 Å². The lowest BCUT2D eigenvalue weighted by Gasteiger charge is -2.35. The standard InChI is InChI=1S/C41H41Cl2N5O4/c1-21-15-27-19-33-41(50)52-14-12-46(33)37(27)32(16-21)47-20-24(4)48-38-30(10-11-31(42)35(38)34-25(5)44-45(7)26(34)6)29(39(48)40(47)49)9-8-13-51-28-17-22(2)36(43)23(3)18-28/h10-11,15-19,24H,8-9,12-14,20H2,1-7H3. The molecule has 8 rings (SSSR count). The lowest BCUT2D eigenvalue weighted by Crippen LogP contribution is -2.43. The molecule has 11 heteroatoms. The van der Waals surface area contributed by atoms with Crippen molar-refractivity contribution in [2.45, 2.75) is 67.0 Å². The van der Waals surface area contributed by atoms with E-state index in [2.05, 4.69) is 36.6 Å². The van der Waals surface area contributed by atoms with Crippen molar-refractivity contribution >= 4 is 62.6 Å². The maximum Gasteiger partial charge on any atom is 0.355 e. The molecular formula is C41H41Cl2N5O4. The first-order valence-electron chi connectivity index (χ1n) is 17.7. The summed E-state index contributed by atoms with van der Waals surface area (Å²) in [6.45, 7) is 13.9. The minimum absolute atomic E-state index is 0.0864. The van der Waals surface area contributed by atoms with E-state index in [1.54, 1.807) is 0 Å². The van der Waals surface area contributed by atoms with Crippen molar-refractivity contribution < 1.29 is 19.1 Å². The number of anilines is 1. The molecule has 1 atom stereocenters. The highest BCUT2D eigenvalue weighted by Gasteiger charge is 2.38. The Bertz CT molecular complexity index is 2470. The van der Waals surface area contributed by atoms with E-state index in [-0.39, 0.29) is 17.9 Å². The second kappa shape index (κ2) is 12.7. The highest BCUT2D eigenvalue weighted by molar-refractivity contribution is 6.35. The number of aryl methyl sites for hydroxylation is 6. The molecule has 9 nitrogen and oxygen atoms in total. The summed E-state index contributed by atoms with van der Waals surface area (Å²) in [5.74, 6) is 0.346. The highest BCUT2D eigenvalue weighted by Crippen LogP contribution is 2.46. The number of rotatable bonds is 7. The van der Waals surface area contributed by atoms with Crippen molar-refractivity contribution in [3.05, 3.63) is 97.5 Å². The minimum atomic E-state index is -0.344. The molecule has 0 saturated heterocycles. The van der Waals surface area contributed by atoms with Gasteiger partial charge in [0.15, 0.2) is 0 Å². The Kier molecular flexibility index (Phi) is 8.42. The Morgan fingerprint density at radius 2 is 1.71 bits per heavy atom. The van der Waals surface area contributed by atoms with E-state index in [1.165, 1.54) is 0 Å². The van der Waals surface area contributed by atoms with E-state index in [1.807, 2.05) is 73.2 Å². The van der Waals surface area contributed by atoms with Gasteiger partial charge < -0.3 is 23.5 Å². The molecule has 1 amide bonds. The second-order valence-electron chi connectivity index (χ2n) is 14.3. The molecule has 0 N–H and O–H groups in total. The smallest absolute Gasteiger partial charge is 0.355 e. The number of nitrogens with zero attached hydrogens (tertiary/aromatic N) is 5. The monoisotopic (exact) mass is 737 g/mol. The van der Waals surface area contributed by atoms with E-state index in [9.17, 15) is 4.79 Å². The third-order valence-corrected chi connectivity index (χ3v) is 11.6. The van der Waals surface area contributed by atoms with Gasteiger partial charge in [-0.15, -0.1) is 0 Å². The number of cyclic esters (lactones) is 1. The molecule has 0 radical (unpaired) electrons. The first-order valence-corrected chi connectivity index (χ1v) is 18.5. The van der Waals surface area contributed by atoms with Crippen molar-refractivity contribution in [1.82, 2.24) is 18.9 Å². The number of benzene rings is 3. The molecule has 0 saturated carbocycles. The van der Waals surface area contributed by atoms with Crippen molar-refractivity contribution in [3.63, 3.8) is 0 Å². The summed E-state index contributed by atoms with van der Waals surface area (Å²) in [5.41, 5.74) is 11.4. The van der Waals surface area contributed by atoms with Gasteiger partial charge in [0.25, 0.3) is 5.91 Å². The van der Waals surface area contributed by atoms with Gasteiger partial charge in [0.2, 0.25) is 0 Å². The van der Waals surface area contributed by atoms with Gasteiger partial charge in [0.05, 0.1) is 40.6 Å². The Balaban J connectivity index is 1.29. The Morgan fingerprint density at radius 3 is 2.42 bits per heavy atom. The van der Waals surface area contributed by atoms with Gasteiger partial charge in [-0.2, -0.15) is 5.10 Å². The van der Waals surface area contributed by atoms with Crippen LogP contribution in [-0.4, -0.2) is 50.5 Å². The normalized spacial score (nSPS) is 15.8. The molecule has 0 bridgehead atoms. The quantitative estimate of drug-likeness (QED) is 0.121. The first kappa shape index (κ1) is 34.4. The second-order valence-corrected chi connectivity index (χ2v) is 15.1. The summed E-state index contributed by atoms with van der Waals surface area (Å²) in [6.07, 6.45) is 1.29. The number of fused-ring (bicyclic) bond motifs is 6. The molecule has 2 aliphatic rings. The van der Waals surface area contributed by atoms with E-state index in [4.69, 9.17) is 37.8 Å². The van der Waals surface area contributed by atoms with Gasteiger partial charge in [-0.25, -0.2) is 4.79 Å². The lowest BCUT2D eigenvalue weighted by molar-refractivity contribution is 0.0426. The fourth-order valence-electron chi connectivity index (χ4n) is 8.38. The van der Waals surface area contributed by atoms with E-state index >= 15 is 4.79 Å². The Hall–Kier alpha value is -4.73. The van der Waals surface area contributed by atoms with Crippen molar-refractivity contribution in [2.24, 2.45) is 7.05 Å². The maximum absolute atomic E-state index is 15.2. The molecule has 3 aromatic heterocycles. The topological polar surface area (TPSA) is 83.5 Å². The molecule has 2 aliphatic heterocycles. The molecule has 268 valence electrons. The summed E-state index contributed by atoms with van der Waals surface area (Å²) in [6, 6.07) is 13.8. The van der Waals surface area contributed by atoms with Crippen LogP contribution < -0.4 is 9.64 Å². The Morgan fingerprint density at radius 1 is 0.962 bits per heavy atom. The third-order valence-electron chi connectivity index (χ3n) is 10.7. The summed E-state index contributed by atoms with van der Waals surface area (Å²) < 4.78 is 17.7. The predicted octanol–water partition coefficient (Wildman–Crippen LogP) is 9.25. The zero-order valence-electron chi connectivity index (χ0n) is 30.5. The van der Waals surface area contributed by atoms with Crippen LogP contribution >= 0.6 is 23.2 Å². The number of esters is 1. The number of amides is 1. The van der Waals surface area contributed by atoms with Crippen molar-refractivity contribution in [1.29, 1.82) is 0 Å². The van der Waals surface area contributed by atoms with E-state index in [0.717, 1.165) is 83.0 Å². The average Bonchev–Trinajstić information content (AvgIpc) is 3.72. The SMILES string of the molecule is Cc1cc(N2CC(C)n3c(c(CCCOc4cc(C)c(Cl)c(C)c4)c4ccc(Cl)c(-c5c(C)nn(C)c5C)c43)C2=O)c2c(c1)cc1n2CCOC1=O. The van der Waals surface area contributed by atoms with Gasteiger partial charge >= 0.3 is 5.97 Å². The number of halogens is 2. The number of hydrogen-bond donors (Lipinski definition) is 0. The molecule has 0 aliphatic carbocycles. The number of hydrogen-bond acceptors (Lipinski definition) is 5. The molecule has 52 heavy (non-hydrogen) atoms. The van der Waals surface area contributed by atoms with Gasteiger partial charge in [-0.05, 0) is 113 Å². The van der Waals surface area contributed by atoms with Crippen molar-refractivity contribution in [3.8, 4) is 16.9 Å².